The minimum atomic E-state index is -3.19. The van der Waals surface area contributed by atoms with Crippen molar-refractivity contribution in [2.24, 2.45) is 16.6 Å². The van der Waals surface area contributed by atoms with E-state index < -0.39 is 23.0 Å². The zero-order chi connectivity index (χ0) is 18.7. The summed E-state index contributed by atoms with van der Waals surface area (Å²) in [7, 11) is 0. The molecule has 2 nitrogen and oxygen atoms in total. The largest absolute Gasteiger partial charge is 0.323 e. The minimum absolute atomic E-state index is 0.0463. The van der Waals surface area contributed by atoms with Crippen LogP contribution in [0.1, 0.15) is 57.7 Å². The van der Waals surface area contributed by atoms with E-state index in [0.717, 1.165) is 12.5 Å². The summed E-state index contributed by atoms with van der Waals surface area (Å²) in [6.45, 7) is 7.27. The lowest BCUT2D eigenvalue weighted by molar-refractivity contribution is 0.0104. The van der Waals surface area contributed by atoms with Crippen molar-refractivity contribution in [1.82, 2.24) is 0 Å². The van der Waals surface area contributed by atoms with E-state index in [9.17, 15) is 17.6 Å². The second-order valence-corrected chi connectivity index (χ2v) is 6.89. The van der Waals surface area contributed by atoms with Crippen molar-refractivity contribution in [3.8, 4) is 0 Å². The first-order chi connectivity index (χ1) is 10.8. The highest BCUT2D eigenvalue weighted by atomic mass is 19.3. The molecule has 0 aliphatic heterocycles. The van der Waals surface area contributed by atoms with Crippen molar-refractivity contribution in [1.29, 1.82) is 0 Å². The van der Waals surface area contributed by atoms with Crippen LogP contribution >= 0.6 is 0 Å². The van der Waals surface area contributed by atoms with E-state index in [-0.39, 0.29) is 12.6 Å². The highest BCUT2D eigenvalue weighted by Crippen LogP contribution is 2.34. The molecule has 2 N–H and O–H groups in total. The van der Waals surface area contributed by atoms with Crippen molar-refractivity contribution < 1.29 is 17.6 Å². The van der Waals surface area contributed by atoms with Gasteiger partial charge in [0.25, 0.3) is 11.8 Å². The number of nitrogens with two attached hydrogens (primary N) is 1. The van der Waals surface area contributed by atoms with Gasteiger partial charge in [-0.15, -0.1) is 0 Å². The minimum Gasteiger partial charge on any atom is -0.323 e. The van der Waals surface area contributed by atoms with Crippen molar-refractivity contribution in [2.75, 3.05) is 0 Å². The quantitative estimate of drug-likeness (QED) is 0.532. The first kappa shape index (κ1) is 20.6. The molecule has 1 unspecified atom stereocenters. The van der Waals surface area contributed by atoms with E-state index in [1.165, 1.54) is 12.1 Å². The number of hydrogen-bond acceptors (Lipinski definition) is 2. The summed E-state index contributed by atoms with van der Waals surface area (Å²) in [6, 6.07) is 3.07. The molecule has 0 bridgehead atoms. The van der Waals surface area contributed by atoms with Crippen molar-refractivity contribution in [3.63, 3.8) is 0 Å². The van der Waals surface area contributed by atoms with Crippen molar-refractivity contribution >= 4 is 5.71 Å². The van der Waals surface area contributed by atoms with Crippen LogP contribution in [0, 0.1) is 5.92 Å². The van der Waals surface area contributed by atoms with E-state index in [0.29, 0.717) is 31.0 Å². The molecule has 0 aliphatic rings. The Morgan fingerprint density at radius 1 is 1.04 bits per heavy atom. The third-order valence-electron chi connectivity index (χ3n) is 3.78. The highest BCUT2D eigenvalue weighted by molar-refractivity contribution is 5.87. The lowest BCUT2D eigenvalue weighted by Gasteiger charge is -2.18. The molecule has 0 saturated heterocycles. The Labute approximate surface area is 141 Å². The molecule has 0 aliphatic carbocycles. The maximum atomic E-state index is 13.6. The predicted molar refractivity (Wildman–Crippen MR) is 89.8 cm³/mol. The average Bonchev–Trinajstić information content (AvgIpc) is 2.41. The summed E-state index contributed by atoms with van der Waals surface area (Å²) in [5.41, 5.74) is 6.14. The number of hydrogen-bond donors (Lipinski definition) is 1. The SMILES string of the molecule is CC(=NCc1cc(C(C)(F)F)cc(C(C)(F)F)c1)C(N)CC(C)C. The molecule has 1 aromatic rings. The van der Waals surface area contributed by atoms with Crippen molar-refractivity contribution in [2.45, 2.75) is 65.5 Å². The van der Waals surface area contributed by atoms with Crippen LogP contribution in [0.25, 0.3) is 0 Å². The molecule has 0 fully saturated rings. The first-order valence-corrected chi connectivity index (χ1v) is 7.97. The number of alkyl halides is 4. The molecule has 24 heavy (non-hydrogen) atoms. The third kappa shape index (κ3) is 6.23. The molecule has 0 radical (unpaired) electrons. The molecule has 0 amide bonds. The summed E-state index contributed by atoms with van der Waals surface area (Å²) in [6.07, 6.45) is 0.751. The van der Waals surface area contributed by atoms with Gasteiger partial charge >= 0.3 is 0 Å². The second kappa shape index (κ2) is 7.64. The Balaban J connectivity index is 3.11. The number of nitrogens with zero attached hydrogens (tertiary/aromatic N) is 1. The maximum absolute atomic E-state index is 13.6. The number of halogens is 4. The second-order valence-electron chi connectivity index (χ2n) is 6.89. The van der Waals surface area contributed by atoms with Gasteiger partial charge in [-0.2, -0.15) is 0 Å². The molecule has 0 aromatic heterocycles. The van der Waals surface area contributed by atoms with Gasteiger partial charge in [-0.1, -0.05) is 13.8 Å². The van der Waals surface area contributed by atoms with Crippen LogP contribution in [-0.4, -0.2) is 11.8 Å². The lowest BCUT2D eigenvalue weighted by Crippen LogP contribution is -2.30. The van der Waals surface area contributed by atoms with Crippen LogP contribution in [0.2, 0.25) is 0 Å². The summed E-state index contributed by atoms with van der Waals surface area (Å²) in [5, 5.41) is 0. The van der Waals surface area contributed by atoms with E-state index in [2.05, 4.69) is 4.99 Å². The number of aliphatic imine (C=N–C) groups is 1. The topological polar surface area (TPSA) is 38.4 Å². The van der Waals surface area contributed by atoms with Crippen LogP contribution in [0.15, 0.2) is 23.2 Å². The van der Waals surface area contributed by atoms with E-state index in [1.54, 1.807) is 6.92 Å². The standard InChI is InChI=1S/C18H26F4N2/c1-11(2)6-16(23)12(3)24-10-13-7-14(17(4,19)20)9-15(8-13)18(5,21)22/h7-9,11,16H,6,10,23H2,1-5H3. The molecule has 136 valence electrons. The number of rotatable bonds is 7. The Bertz CT molecular complexity index is 551. The Kier molecular flexibility index (Phi) is 6.56. The summed E-state index contributed by atoms with van der Waals surface area (Å²) >= 11 is 0. The Hall–Kier alpha value is -1.43. The van der Waals surface area contributed by atoms with Gasteiger partial charge in [-0.25, -0.2) is 17.6 Å². The zero-order valence-electron chi connectivity index (χ0n) is 14.8. The van der Waals surface area contributed by atoms with Crippen LogP contribution < -0.4 is 5.73 Å². The molecule has 6 heteroatoms. The van der Waals surface area contributed by atoms with E-state index in [1.807, 2.05) is 13.8 Å². The van der Waals surface area contributed by atoms with Crippen LogP contribution in [0.5, 0.6) is 0 Å². The molecular weight excluding hydrogens is 320 g/mol. The summed E-state index contributed by atoms with van der Waals surface area (Å²) in [4.78, 5) is 4.30. The Morgan fingerprint density at radius 3 is 1.88 bits per heavy atom. The fourth-order valence-electron chi connectivity index (χ4n) is 2.30. The molecule has 1 atom stereocenters. The summed E-state index contributed by atoms with van der Waals surface area (Å²) < 4.78 is 54.3. The average molecular weight is 346 g/mol. The molecule has 0 heterocycles. The molecule has 0 spiro atoms. The van der Waals surface area contributed by atoms with Gasteiger partial charge in [-0.05, 0) is 43.0 Å². The third-order valence-corrected chi connectivity index (χ3v) is 3.78. The molecule has 1 rings (SSSR count). The fraction of sp³-hybridized carbons (Fsp3) is 0.611. The van der Waals surface area contributed by atoms with E-state index >= 15 is 0 Å². The molecule has 1 aromatic carbocycles. The molecule has 0 saturated carbocycles. The zero-order valence-corrected chi connectivity index (χ0v) is 14.8. The fourth-order valence-corrected chi connectivity index (χ4v) is 2.30. The van der Waals surface area contributed by atoms with Crippen LogP contribution in [-0.2, 0) is 18.4 Å². The van der Waals surface area contributed by atoms with Gasteiger partial charge in [0.05, 0.1) is 6.54 Å². The predicted octanol–water partition coefficient (Wildman–Crippen LogP) is 5.24. The van der Waals surface area contributed by atoms with Gasteiger partial charge in [0.1, 0.15) is 0 Å². The summed E-state index contributed by atoms with van der Waals surface area (Å²) in [5.74, 6) is -5.98. The smallest absolute Gasteiger partial charge is 0.270 e. The first-order valence-electron chi connectivity index (χ1n) is 7.97. The highest BCUT2D eigenvalue weighted by Gasteiger charge is 2.30. The Morgan fingerprint density at radius 2 is 1.50 bits per heavy atom. The van der Waals surface area contributed by atoms with Gasteiger partial charge < -0.3 is 5.73 Å². The van der Waals surface area contributed by atoms with Crippen molar-refractivity contribution in [3.05, 3.63) is 34.9 Å². The van der Waals surface area contributed by atoms with Gasteiger partial charge in [0, 0.05) is 36.7 Å². The van der Waals surface area contributed by atoms with E-state index in [4.69, 9.17) is 5.73 Å². The van der Waals surface area contributed by atoms with Crippen LogP contribution in [0.4, 0.5) is 17.6 Å². The maximum Gasteiger partial charge on any atom is 0.270 e. The van der Waals surface area contributed by atoms with Gasteiger partial charge in [-0.3, -0.25) is 4.99 Å². The number of benzene rings is 1. The monoisotopic (exact) mass is 346 g/mol. The van der Waals surface area contributed by atoms with Gasteiger partial charge in [0.15, 0.2) is 0 Å². The van der Waals surface area contributed by atoms with Crippen LogP contribution in [0.3, 0.4) is 0 Å². The molecular formula is C18H26F4N2. The lowest BCUT2D eigenvalue weighted by atomic mass is 9.98. The normalized spacial score (nSPS) is 15.0. The van der Waals surface area contributed by atoms with Gasteiger partial charge in [0.2, 0.25) is 0 Å².